The van der Waals surface area contributed by atoms with Crippen LogP contribution in [0.25, 0.3) is 0 Å². The first kappa shape index (κ1) is 13.2. The van der Waals surface area contributed by atoms with Crippen molar-refractivity contribution >= 4 is 18.3 Å². The van der Waals surface area contributed by atoms with E-state index in [0.29, 0.717) is 13.1 Å². The van der Waals surface area contributed by atoms with Crippen molar-refractivity contribution < 1.29 is 13.6 Å². The number of fused-ring (bicyclic) bond motifs is 1. The molecule has 0 radical (unpaired) electrons. The predicted molar refractivity (Wildman–Crippen MR) is 62.0 cm³/mol. The summed E-state index contributed by atoms with van der Waals surface area (Å²) in [6, 6.07) is 1.67. The second kappa shape index (κ2) is 4.47. The van der Waals surface area contributed by atoms with E-state index < -0.39 is 24.9 Å². The highest BCUT2D eigenvalue weighted by atomic mass is 35.5. The van der Waals surface area contributed by atoms with Gasteiger partial charge in [-0.15, -0.1) is 12.4 Å². The highest BCUT2D eigenvalue weighted by Crippen LogP contribution is 2.27. The molecule has 8 heteroatoms. The van der Waals surface area contributed by atoms with Crippen LogP contribution in [0.2, 0.25) is 0 Å². The van der Waals surface area contributed by atoms with Crippen LogP contribution in [0.5, 0.6) is 0 Å². The minimum Gasteiger partial charge on any atom is -0.325 e. The Balaban J connectivity index is 0.00000120. The molecule has 1 amide bonds. The number of alkyl halides is 2. The van der Waals surface area contributed by atoms with Crippen molar-refractivity contribution in [3.05, 3.63) is 17.5 Å². The highest BCUT2D eigenvalue weighted by Gasteiger charge is 2.46. The number of halogens is 3. The molecule has 18 heavy (non-hydrogen) atoms. The van der Waals surface area contributed by atoms with Crippen molar-refractivity contribution in [1.82, 2.24) is 20.0 Å². The molecule has 0 unspecified atom stereocenters. The third-order valence-corrected chi connectivity index (χ3v) is 3.02. The number of rotatable bonds is 1. The Morgan fingerprint density at radius 2 is 2.17 bits per heavy atom. The number of carbonyl (C=O) groups is 1. The summed E-state index contributed by atoms with van der Waals surface area (Å²) in [6.45, 7) is 1.19. The van der Waals surface area contributed by atoms with E-state index in [1.54, 1.807) is 10.7 Å². The van der Waals surface area contributed by atoms with Crippen LogP contribution in [-0.2, 0) is 13.1 Å². The molecule has 5 nitrogen and oxygen atoms in total. The molecule has 1 N–H and O–H groups in total. The topological polar surface area (TPSA) is 50.2 Å². The molecule has 100 valence electrons. The van der Waals surface area contributed by atoms with Gasteiger partial charge in [-0.25, -0.2) is 8.78 Å². The maximum atomic E-state index is 12.7. The van der Waals surface area contributed by atoms with Gasteiger partial charge in [0, 0.05) is 13.1 Å². The molecule has 2 aliphatic heterocycles. The van der Waals surface area contributed by atoms with Crippen LogP contribution in [0, 0.1) is 0 Å². The molecule has 0 bridgehead atoms. The van der Waals surface area contributed by atoms with Crippen LogP contribution in [0.3, 0.4) is 0 Å². The van der Waals surface area contributed by atoms with Gasteiger partial charge in [-0.2, -0.15) is 5.10 Å². The standard InChI is InChI=1S/C10H12F2N4O.ClH/c11-10(12)5-15(6-10)9(17)8-3-7-4-13-1-2-16(7)14-8;/h3,13H,1-2,4-6H2;1H. The van der Waals surface area contributed by atoms with Crippen LogP contribution in [-0.4, -0.2) is 46.1 Å². The Labute approximate surface area is 109 Å². The first-order valence-corrected chi connectivity index (χ1v) is 5.50. The Hall–Kier alpha value is -1.21. The number of likely N-dealkylation sites (tertiary alicyclic amines) is 1. The van der Waals surface area contributed by atoms with Crippen molar-refractivity contribution in [2.45, 2.75) is 19.0 Å². The molecule has 0 saturated carbocycles. The van der Waals surface area contributed by atoms with Gasteiger partial charge in [-0.1, -0.05) is 0 Å². The average Bonchev–Trinajstić information content (AvgIpc) is 2.68. The third-order valence-electron chi connectivity index (χ3n) is 3.02. The molecular weight excluding hydrogens is 266 g/mol. The summed E-state index contributed by atoms with van der Waals surface area (Å²) < 4.78 is 27.1. The van der Waals surface area contributed by atoms with Gasteiger partial charge in [-0.3, -0.25) is 9.48 Å². The van der Waals surface area contributed by atoms with Gasteiger partial charge in [-0.05, 0) is 6.07 Å². The minimum absolute atomic E-state index is 0. The highest BCUT2D eigenvalue weighted by molar-refractivity contribution is 5.93. The normalized spacial score (nSPS) is 20.7. The van der Waals surface area contributed by atoms with Crippen LogP contribution in [0.15, 0.2) is 6.07 Å². The number of amides is 1. The number of aromatic nitrogens is 2. The van der Waals surface area contributed by atoms with E-state index in [4.69, 9.17) is 0 Å². The van der Waals surface area contributed by atoms with Crippen molar-refractivity contribution in [2.24, 2.45) is 0 Å². The lowest BCUT2D eigenvalue weighted by molar-refractivity contribution is -0.113. The van der Waals surface area contributed by atoms with Gasteiger partial charge in [0.25, 0.3) is 11.8 Å². The lowest BCUT2D eigenvalue weighted by Crippen LogP contribution is -2.58. The van der Waals surface area contributed by atoms with Gasteiger partial charge in [0.15, 0.2) is 5.69 Å². The maximum absolute atomic E-state index is 12.7. The summed E-state index contributed by atoms with van der Waals surface area (Å²) in [5.41, 5.74) is 1.19. The molecule has 0 aliphatic carbocycles. The molecule has 2 aliphatic rings. The molecule has 1 aromatic rings. The van der Waals surface area contributed by atoms with E-state index in [1.165, 1.54) is 0 Å². The molecule has 1 fully saturated rings. The zero-order chi connectivity index (χ0) is 12.0. The summed E-state index contributed by atoms with van der Waals surface area (Å²) in [4.78, 5) is 13.0. The fraction of sp³-hybridized carbons (Fsp3) is 0.600. The molecular formula is C10H13ClF2N4O. The third kappa shape index (κ3) is 2.20. The SMILES string of the molecule is Cl.O=C(c1cc2n(n1)CCNC2)N1CC(F)(F)C1. The number of carbonyl (C=O) groups excluding carboxylic acids is 1. The summed E-state index contributed by atoms with van der Waals surface area (Å²) in [5, 5.41) is 7.30. The molecule has 1 aromatic heterocycles. The first-order valence-electron chi connectivity index (χ1n) is 5.50. The number of nitrogens with one attached hydrogen (secondary N) is 1. The van der Waals surface area contributed by atoms with E-state index in [1.807, 2.05) is 0 Å². The fourth-order valence-electron chi connectivity index (χ4n) is 2.12. The van der Waals surface area contributed by atoms with Crippen molar-refractivity contribution in [2.75, 3.05) is 19.6 Å². The molecule has 0 spiro atoms. The van der Waals surface area contributed by atoms with Crippen molar-refractivity contribution in [1.29, 1.82) is 0 Å². The molecule has 0 atom stereocenters. The van der Waals surface area contributed by atoms with E-state index in [-0.39, 0.29) is 18.1 Å². The predicted octanol–water partition coefficient (Wildman–Crippen LogP) is 0.499. The average molecular weight is 279 g/mol. The lowest BCUT2D eigenvalue weighted by atomic mass is 10.1. The van der Waals surface area contributed by atoms with Gasteiger partial charge >= 0.3 is 0 Å². The monoisotopic (exact) mass is 278 g/mol. The van der Waals surface area contributed by atoms with Crippen molar-refractivity contribution in [3.8, 4) is 0 Å². The second-order valence-corrected chi connectivity index (χ2v) is 4.44. The fourth-order valence-corrected chi connectivity index (χ4v) is 2.12. The van der Waals surface area contributed by atoms with E-state index in [9.17, 15) is 13.6 Å². The van der Waals surface area contributed by atoms with Gasteiger partial charge in [0.1, 0.15) is 0 Å². The Bertz CT molecular complexity index is 445. The van der Waals surface area contributed by atoms with E-state index in [2.05, 4.69) is 10.4 Å². The van der Waals surface area contributed by atoms with Crippen LogP contribution >= 0.6 is 12.4 Å². The Morgan fingerprint density at radius 1 is 1.44 bits per heavy atom. The molecule has 3 rings (SSSR count). The number of nitrogens with zero attached hydrogens (tertiary/aromatic N) is 3. The maximum Gasteiger partial charge on any atom is 0.282 e. The van der Waals surface area contributed by atoms with Gasteiger partial charge in [0.2, 0.25) is 0 Å². The summed E-state index contributed by atoms with van der Waals surface area (Å²) >= 11 is 0. The summed E-state index contributed by atoms with van der Waals surface area (Å²) in [6.07, 6.45) is 0. The molecule has 0 aromatic carbocycles. The second-order valence-electron chi connectivity index (χ2n) is 4.44. The quantitative estimate of drug-likeness (QED) is 0.814. The largest absolute Gasteiger partial charge is 0.325 e. The van der Waals surface area contributed by atoms with E-state index in [0.717, 1.165) is 17.1 Å². The van der Waals surface area contributed by atoms with E-state index >= 15 is 0 Å². The number of hydrogen-bond acceptors (Lipinski definition) is 3. The minimum atomic E-state index is -2.73. The van der Waals surface area contributed by atoms with Gasteiger partial charge in [0.05, 0.1) is 25.3 Å². The van der Waals surface area contributed by atoms with Gasteiger partial charge < -0.3 is 10.2 Å². The molecule has 1 saturated heterocycles. The van der Waals surface area contributed by atoms with Crippen molar-refractivity contribution in [3.63, 3.8) is 0 Å². The van der Waals surface area contributed by atoms with Crippen LogP contribution in [0.1, 0.15) is 16.2 Å². The van der Waals surface area contributed by atoms with Crippen LogP contribution in [0.4, 0.5) is 8.78 Å². The zero-order valence-corrected chi connectivity index (χ0v) is 10.3. The molecule has 3 heterocycles. The smallest absolute Gasteiger partial charge is 0.282 e. The lowest BCUT2D eigenvalue weighted by Gasteiger charge is -2.38. The zero-order valence-electron chi connectivity index (χ0n) is 9.53. The van der Waals surface area contributed by atoms with Crippen LogP contribution < -0.4 is 5.32 Å². The number of hydrogen-bond donors (Lipinski definition) is 1. The summed E-state index contributed by atoms with van der Waals surface area (Å²) in [5.74, 6) is -3.13. The Kier molecular flexibility index (Phi) is 3.29. The summed E-state index contributed by atoms with van der Waals surface area (Å²) in [7, 11) is 0. The Morgan fingerprint density at radius 3 is 2.78 bits per heavy atom. The first-order chi connectivity index (χ1) is 8.05.